The van der Waals surface area contributed by atoms with Crippen LogP contribution in [0.3, 0.4) is 0 Å². The molecule has 1 aromatic rings. The Labute approximate surface area is 91.5 Å². The van der Waals surface area contributed by atoms with Gasteiger partial charge in [0.25, 0.3) is 0 Å². The topological polar surface area (TPSA) is 14.1 Å². The van der Waals surface area contributed by atoms with Gasteiger partial charge in [0.05, 0.1) is 5.70 Å². The molecular formula is C14H16N. The molecule has 1 heterocycles. The van der Waals surface area contributed by atoms with Crippen LogP contribution < -0.4 is 5.32 Å². The lowest BCUT2D eigenvalue weighted by Crippen LogP contribution is -2.04. The number of hydrogen-bond donors (Lipinski definition) is 0. The summed E-state index contributed by atoms with van der Waals surface area (Å²) in [5.41, 5.74) is 4.74. The molecule has 1 aliphatic heterocycles. The van der Waals surface area contributed by atoms with Crippen molar-refractivity contribution in [3.63, 3.8) is 0 Å². The van der Waals surface area contributed by atoms with Gasteiger partial charge in [0, 0.05) is 11.3 Å². The van der Waals surface area contributed by atoms with Crippen LogP contribution in [0.4, 0.5) is 0 Å². The first-order valence-electron chi connectivity index (χ1n) is 5.37. The van der Waals surface area contributed by atoms with E-state index >= 15 is 0 Å². The second-order valence-electron chi connectivity index (χ2n) is 4.28. The summed E-state index contributed by atoms with van der Waals surface area (Å²) in [6, 6.07) is 8.50. The fraction of sp³-hybridized carbons (Fsp3) is 0.286. The van der Waals surface area contributed by atoms with Crippen LogP contribution in [0.5, 0.6) is 0 Å². The van der Waals surface area contributed by atoms with Crippen LogP contribution in [0.1, 0.15) is 25.0 Å². The first kappa shape index (κ1) is 10.0. The third kappa shape index (κ3) is 2.12. The number of benzene rings is 1. The molecule has 1 aromatic carbocycles. The van der Waals surface area contributed by atoms with Gasteiger partial charge in [-0.2, -0.15) is 0 Å². The second kappa shape index (κ2) is 3.93. The third-order valence-electron chi connectivity index (χ3n) is 2.60. The molecular weight excluding hydrogens is 182 g/mol. The molecule has 0 bridgehead atoms. The van der Waals surface area contributed by atoms with Gasteiger partial charge in [0.1, 0.15) is 0 Å². The van der Waals surface area contributed by atoms with Crippen LogP contribution in [0.2, 0.25) is 0 Å². The smallest absolute Gasteiger partial charge is 0.0706 e. The van der Waals surface area contributed by atoms with Crippen LogP contribution in [0.15, 0.2) is 42.1 Å². The van der Waals surface area contributed by atoms with Crippen LogP contribution >= 0.6 is 0 Å². The molecule has 0 aliphatic carbocycles. The fourth-order valence-corrected chi connectivity index (χ4v) is 1.58. The van der Waals surface area contributed by atoms with Gasteiger partial charge in [-0.15, -0.1) is 0 Å². The third-order valence-corrected chi connectivity index (χ3v) is 2.60. The summed E-state index contributed by atoms with van der Waals surface area (Å²) in [6.45, 7) is 6.43. The van der Waals surface area contributed by atoms with Gasteiger partial charge in [-0.1, -0.05) is 43.7 Å². The Kier molecular flexibility index (Phi) is 2.63. The highest BCUT2D eigenvalue weighted by molar-refractivity contribution is 5.69. The number of allylic oxidation sites excluding steroid dienone is 3. The van der Waals surface area contributed by atoms with E-state index in [0.717, 1.165) is 5.70 Å². The van der Waals surface area contributed by atoms with E-state index < -0.39 is 0 Å². The second-order valence-corrected chi connectivity index (χ2v) is 4.28. The minimum Gasteiger partial charge on any atom is -0.253 e. The SMILES string of the molecule is Cc1ccc(C2=CC=C(C(C)C)[N]2)cc1. The Morgan fingerprint density at radius 1 is 1.00 bits per heavy atom. The molecule has 0 N–H and O–H groups in total. The van der Waals surface area contributed by atoms with E-state index in [9.17, 15) is 0 Å². The molecule has 1 aliphatic rings. The predicted molar refractivity (Wildman–Crippen MR) is 64.2 cm³/mol. The molecule has 0 atom stereocenters. The zero-order chi connectivity index (χ0) is 10.8. The molecule has 0 spiro atoms. The average molecular weight is 198 g/mol. The fourth-order valence-electron chi connectivity index (χ4n) is 1.58. The van der Waals surface area contributed by atoms with Crippen molar-refractivity contribution in [2.75, 3.05) is 0 Å². The Morgan fingerprint density at radius 3 is 2.20 bits per heavy atom. The molecule has 0 saturated heterocycles. The number of rotatable bonds is 2. The van der Waals surface area contributed by atoms with E-state index in [1.807, 2.05) is 0 Å². The van der Waals surface area contributed by atoms with Gasteiger partial charge in [0.15, 0.2) is 0 Å². The van der Waals surface area contributed by atoms with Crippen molar-refractivity contribution in [1.82, 2.24) is 5.32 Å². The maximum absolute atomic E-state index is 4.61. The predicted octanol–water partition coefficient (Wildman–Crippen LogP) is 3.49. The Bertz CT molecular complexity index is 407. The van der Waals surface area contributed by atoms with E-state index in [4.69, 9.17) is 0 Å². The summed E-state index contributed by atoms with van der Waals surface area (Å²) < 4.78 is 0. The van der Waals surface area contributed by atoms with E-state index in [0.29, 0.717) is 5.92 Å². The maximum atomic E-state index is 4.61. The Hall–Kier alpha value is -1.50. The molecule has 0 saturated carbocycles. The lowest BCUT2D eigenvalue weighted by Gasteiger charge is -2.08. The molecule has 1 nitrogen and oxygen atoms in total. The van der Waals surface area contributed by atoms with Gasteiger partial charge in [-0.05, 0) is 25.0 Å². The van der Waals surface area contributed by atoms with E-state index in [1.165, 1.54) is 16.8 Å². The molecule has 0 aromatic heterocycles. The highest BCUT2D eigenvalue weighted by Crippen LogP contribution is 2.23. The molecule has 2 rings (SSSR count). The van der Waals surface area contributed by atoms with E-state index in [1.54, 1.807) is 0 Å². The molecule has 0 unspecified atom stereocenters. The summed E-state index contributed by atoms with van der Waals surface area (Å²) in [6.07, 6.45) is 4.21. The Morgan fingerprint density at radius 2 is 1.67 bits per heavy atom. The summed E-state index contributed by atoms with van der Waals surface area (Å²) in [5, 5.41) is 4.61. The van der Waals surface area contributed by atoms with Gasteiger partial charge in [-0.3, -0.25) is 5.32 Å². The zero-order valence-electron chi connectivity index (χ0n) is 9.49. The summed E-state index contributed by atoms with van der Waals surface area (Å²) in [4.78, 5) is 0. The molecule has 0 amide bonds. The van der Waals surface area contributed by atoms with Crippen LogP contribution in [0.25, 0.3) is 5.70 Å². The summed E-state index contributed by atoms with van der Waals surface area (Å²) in [5.74, 6) is 0.504. The van der Waals surface area contributed by atoms with Gasteiger partial charge < -0.3 is 0 Å². The van der Waals surface area contributed by atoms with Crippen LogP contribution in [0, 0.1) is 12.8 Å². The van der Waals surface area contributed by atoms with Crippen molar-refractivity contribution in [3.8, 4) is 0 Å². The average Bonchev–Trinajstić information content (AvgIpc) is 2.68. The van der Waals surface area contributed by atoms with Crippen LogP contribution in [-0.2, 0) is 0 Å². The Balaban J connectivity index is 2.14. The van der Waals surface area contributed by atoms with Gasteiger partial charge >= 0.3 is 0 Å². The van der Waals surface area contributed by atoms with E-state index in [-0.39, 0.29) is 0 Å². The van der Waals surface area contributed by atoms with Crippen LogP contribution in [-0.4, -0.2) is 0 Å². The molecule has 0 fully saturated rings. The monoisotopic (exact) mass is 198 g/mol. The molecule has 15 heavy (non-hydrogen) atoms. The lowest BCUT2D eigenvalue weighted by molar-refractivity contribution is 0.722. The van der Waals surface area contributed by atoms with Crippen molar-refractivity contribution in [1.29, 1.82) is 0 Å². The molecule has 77 valence electrons. The molecule has 1 heteroatoms. The van der Waals surface area contributed by atoms with Crippen molar-refractivity contribution in [3.05, 3.63) is 53.2 Å². The first-order chi connectivity index (χ1) is 7.16. The first-order valence-corrected chi connectivity index (χ1v) is 5.37. The van der Waals surface area contributed by atoms with Crippen molar-refractivity contribution >= 4 is 5.70 Å². The molecule has 1 radical (unpaired) electrons. The zero-order valence-corrected chi connectivity index (χ0v) is 9.49. The van der Waals surface area contributed by atoms with Gasteiger partial charge in [-0.25, -0.2) is 0 Å². The summed E-state index contributed by atoms with van der Waals surface area (Å²) >= 11 is 0. The highest BCUT2D eigenvalue weighted by atomic mass is 14.9. The summed E-state index contributed by atoms with van der Waals surface area (Å²) in [7, 11) is 0. The number of nitrogens with zero attached hydrogens (tertiary/aromatic N) is 1. The minimum absolute atomic E-state index is 0.504. The normalized spacial score (nSPS) is 14.9. The van der Waals surface area contributed by atoms with Crippen molar-refractivity contribution < 1.29 is 0 Å². The lowest BCUT2D eigenvalue weighted by atomic mass is 10.1. The standard InChI is InChI=1S/C14H16N/c1-10(2)13-8-9-14(15-13)12-6-4-11(3)5-7-12/h4-10H,1-3H3. The number of hydrogen-bond acceptors (Lipinski definition) is 0. The maximum Gasteiger partial charge on any atom is 0.0706 e. The quantitative estimate of drug-likeness (QED) is 0.690. The van der Waals surface area contributed by atoms with Crippen molar-refractivity contribution in [2.24, 2.45) is 5.92 Å². The number of aryl methyl sites for hydroxylation is 1. The van der Waals surface area contributed by atoms with Gasteiger partial charge in [0.2, 0.25) is 0 Å². The largest absolute Gasteiger partial charge is 0.253 e. The van der Waals surface area contributed by atoms with Crippen molar-refractivity contribution in [2.45, 2.75) is 20.8 Å². The van der Waals surface area contributed by atoms with E-state index in [2.05, 4.69) is 62.5 Å². The minimum atomic E-state index is 0.504. The highest BCUT2D eigenvalue weighted by Gasteiger charge is 2.13.